The molecule has 13 nitrogen and oxygen atoms in total. The van der Waals surface area contributed by atoms with Gasteiger partial charge < -0.3 is 25.5 Å². The zero-order valence-electron chi connectivity index (χ0n) is 25.4. The van der Waals surface area contributed by atoms with Gasteiger partial charge in [0.25, 0.3) is 0 Å². The van der Waals surface area contributed by atoms with Crippen LogP contribution in [0.25, 0.3) is 0 Å². The summed E-state index contributed by atoms with van der Waals surface area (Å²) in [5, 5.41) is 17.1. The monoisotopic (exact) mass is 616 g/mol. The van der Waals surface area contributed by atoms with Gasteiger partial charge in [-0.25, -0.2) is 9.13 Å². The SMILES string of the molecule is CC(C)N[C@@H]1C[C@@H](COP(=O)(O)OCC(O)COP(=O)(O)OC[C@H]2C[C@H](NC(C)C)CN2C(C)C)N(C(C)C)C1. The molecule has 0 aromatic rings. The van der Waals surface area contributed by atoms with Crippen LogP contribution in [0.4, 0.5) is 0 Å². The molecule has 40 heavy (non-hydrogen) atoms. The second-order valence-corrected chi connectivity index (χ2v) is 15.1. The van der Waals surface area contributed by atoms with Gasteiger partial charge in [-0.2, -0.15) is 0 Å². The number of nitrogens with zero attached hydrogens (tertiary/aromatic N) is 2. The van der Waals surface area contributed by atoms with Gasteiger partial charge in [0.2, 0.25) is 0 Å². The molecule has 2 aliphatic rings. The summed E-state index contributed by atoms with van der Waals surface area (Å²) in [6, 6.07) is 1.51. The minimum Gasteiger partial charge on any atom is -0.388 e. The Balaban J connectivity index is 1.75. The van der Waals surface area contributed by atoms with Gasteiger partial charge in [0.15, 0.2) is 0 Å². The van der Waals surface area contributed by atoms with Crippen LogP contribution in [0.1, 0.15) is 68.2 Å². The lowest BCUT2D eigenvalue weighted by molar-refractivity contribution is 0.0234. The van der Waals surface area contributed by atoms with Crippen molar-refractivity contribution in [2.45, 2.75) is 123 Å². The molecule has 2 aliphatic heterocycles. The normalized spacial score (nSPS) is 28.7. The fourth-order valence-electron chi connectivity index (χ4n) is 5.50. The molecule has 0 spiro atoms. The molecule has 2 rings (SSSR count). The number of rotatable bonds is 18. The van der Waals surface area contributed by atoms with E-state index in [1.54, 1.807) is 0 Å². The molecule has 0 aliphatic carbocycles. The third-order valence-electron chi connectivity index (χ3n) is 7.10. The van der Waals surface area contributed by atoms with E-state index in [0.717, 1.165) is 25.9 Å². The number of hydrogen-bond donors (Lipinski definition) is 5. The molecular weight excluding hydrogens is 562 g/mol. The second-order valence-electron chi connectivity index (χ2n) is 12.2. The third kappa shape index (κ3) is 12.7. The lowest BCUT2D eigenvalue weighted by Crippen LogP contribution is -2.40. The molecule has 0 bridgehead atoms. The van der Waals surface area contributed by atoms with Crippen LogP contribution in [0, 0.1) is 0 Å². The van der Waals surface area contributed by atoms with E-state index in [0.29, 0.717) is 12.1 Å². The van der Waals surface area contributed by atoms with Crippen molar-refractivity contribution >= 4 is 15.6 Å². The molecule has 5 N–H and O–H groups in total. The minimum absolute atomic E-state index is 0.00336. The topological polar surface area (TPSA) is 162 Å². The molecule has 2 heterocycles. The van der Waals surface area contributed by atoms with E-state index in [2.05, 4.69) is 75.8 Å². The summed E-state index contributed by atoms with van der Waals surface area (Å²) in [4.78, 5) is 24.7. The van der Waals surface area contributed by atoms with Crippen LogP contribution in [-0.4, -0.2) is 119 Å². The van der Waals surface area contributed by atoms with Gasteiger partial charge in [0, 0.05) is 61.4 Å². The Bertz CT molecular complexity index is 785. The highest BCUT2D eigenvalue weighted by Crippen LogP contribution is 2.46. The van der Waals surface area contributed by atoms with Crippen molar-refractivity contribution in [1.29, 1.82) is 0 Å². The van der Waals surface area contributed by atoms with Crippen LogP contribution >= 0.6 is 15.6 Å². The van der Waals surface area contributed by atoms with Crippen LogP contribution in [0.2, 0.25) is 0 Å². The first-order valence-corrected chi connectivity index (χ1v) is 17.4. The van der Waals surface area contributed by atoms with Crippen molar-refractivity contribution < 1.29 is 42.1 Å². The molecule has 2 fully saturated rings. The standard InChI is InChI=1S/C25H54N4O9P2/c1-17(2)26-21-9-23(28(11-21)19(5)6)13-35-39(31,32)37-15-25(30)16-38-40(33,34)36-14-24-10-22(27-18(3)4)12-29(24)20(7)8/h17-27,30H,9-16H2,1-8H3,(H,31,32)(H,33,34)/t21-,22+,23+,24-,25?. The Morgan fingerprint density at radius 2 is 1.05 bits per heavy atom. The van der Waals surface area contributed by atoms with Gasteiger partial charge in [0.1, 0.15) is 6.10 Å². The number of nitrogens with one attached hydrogen (secondary N) is 2. The van der Waals surface area contributed by atoms with Gasteiger partial charge in [-0.05, 0) is 40.5 Å². The summed E-state index contributed by atoms with van der Waals surface area (Å²) in [6.07, 6.45) is 0.0942. The van der Waals surface area contributed by atoms with E-state index in [4.69, 9.17) is 18.1 Å². The minimum atomic E-state index is -4.46. The summed E-state index contributed by atoms with van der Waals surface area (Å²) in [5.74, 6) is 0. The number of likely N-dealkylation sites (tertiary alicyclic amines) is 2. The molecule has 15 heteroatoms. The molecule has 7 atom stereocenters. The van der Waals surface area contributed by atoms with Crippen LogP contribution in [-0.2, 0) is 27.2 Å². The Morgan fingerprint density at radius 1 is 0.700 bits per heavy atom. The fraction of sp³-hybridized carbons (Fsp3) is 1.00. The Kier molecular flexibility index (Phi) is 14.7. The van der Waals surface area contributed by atoms with Gasteiger partial charge in [-0.3, -0.25) is 27.9 Å². The predicted molar refractivity (Wildman–Crippen MR) is 154 cm³/mol. The maximum absolute atomic E-state index is 12.4. The number of aliphatic hydroxyl groups excluding tert-OH is 1. The van der Waals surface area contributed by atoms with Crippen LogP contribution in [0.15, 0.2) is 0 Å². The maximum Gasteiger partial charge on any atom is 0.472 e. The van der Waals surface area contributed by atoms with Gasteiger partial charge >= 0.3 is 15.6 Å². The highest BCUT2D eigenvalue weighted by Gasteiger charge is 2.37. The molecule has 0 radical (unpaired) electrons. The number of phosphoric acid groups is 2. The summed E-state index contributed by atoms with van der Waals surface area (Å²) in [7, 11) is -8.93. The van der Waals surface area contributed by atoms with Crippen molar-refractivity contribution in [1.82, 2.24) is 20.4 Å². The summed E-state index contributed by atoms with van der Waals surface area (Å²) >= 11 is 0. The molecule has 0 aromatic heterocycles. The third-order valence-corrected chi connectivity index (χ3v) is 9.00. The van der Waals surface area contributed by atoms with Gasteiger partial charge in [0.05, 0.1) is 26.4 Å². The smallest absolute Gasteiger partial charge is 0.388 e. The van der Waals surface area contributed by atoms with E-state index in [-0.39, 0.29) is 49.5 Å². The molecule has 0 aromatic carbocycles. The fourth-order valence-corrected chi connectivity index (χ4v) is 7.10. The van der Waals surface area contributed by atoms with Crippen molar-refractivity contribution in [3.63, 3.8) is 0 Å². The molecular formula is C25H54N4O9P2. The second kappa shape index (κ2) is 16.2. The van der Waals surface area contributed by atoms with Crippen LogP contribution < -0.4 is 10.6 Å². The van der Waals surface area contributed by atoms with Crippen molar-refractivity contribution in [3.8, 4) is 0 Å². The van der Waals surface area contributed by atoms with Crippen molar-refractivity contribution in [2.24, 2.45) is 0 Å². The average Bonchev–Trinajstić information content (AvgIpc) is 3.42. The first-order chi connectivity index (χ1) is 18.5. The summed E-state index contributed by atoms with van der Waals surface area (Å²) in [5.41, 5.74) is 0. The highest BCUT2D eigenvalue weighted by molar-refractivity contribution is 7.47. The predicted octanol–water partition coefficient (Wildman–Crippen LogP) is 2.31. The Labute approximate surface area is 240 Å². The highest BCUT2D eigenvalue weighted by atomic mass is 31.2. The van der Waals surface area contributed by atoms with E-state index in [1.165, 1.54) is 0 Å². The zero-order chi connectivity index (χ0) is 30.3. The maximum atomic E-state index is 12.4. The van der Waals surface area contributed by atoms with Gasteiger partial charge in [-0.1, -0.05) is 27.7 Å². The van der Waals surface area contributed by atoms with Crippen molar-refractivity contribution in [2.75, 3.05) is 39.5 Å². The molecule has 238 valence electrons. The molecule has 0 amide bonds. The van der Waals surface area contributed by atoms with E-state index < -0.39 is 35.0 Å². The Hall–Kier alpha value is 0.0200. The Morgan fingerprint density at radius 3 is 1.35 bits per heavy atom. The van der Waals surface area contributed by atoms with E-state index >= 15 is 0 Å². The quantitative estimate of drug-likeness (QED) is 0.143. The number of aliphatic hydroxyl groups is 1. The average molecular weight is 617 g/mol. The van der Waals surface area contributed by atoms with Gasteiger partial charge in [-0.15, -0.1) is 0 Å². The summed E-state index contributed by atoms with van der Waals surface area (Å²) in [6.45, 7) is 16.9. The largest absolute Gasteiger partial charge is 0.472 e. The number of hydrogen-bond acceptors (Lipinski definition) is 11. The first-order valence-electron chi connectivity index (χ1n) is 14.4. The van der Waals surface area contributed by atoms with Crippen LogP contribution in [0.3, 0.4) is 0 Å². The zero-order valence-corrected chi connectivity index (χ0v) is 27.2. The molecule has 0 saturated carbocycles. The lowest BCUT2D eigenvalue weighted by atomic mass is 10.1. The number of phosphoric ester groups is 2. The van der Waals surface area contributed by atoms with Crippen molar-refractivity contribution in [3.05, 3.63) is 0 Å². The molecule has 3 unspecified atom stereocenters. The van der Waals surface area contributed by atoms with Crippen LogP contribution in [0.5, 0.6) is 0 Å². The first kappa shape index (κ1) is 36.2. The molecule has 2 saturated heterocycles. The summed E-state index contributed by atoms with van der Waals surface area (Å²) < 4.78 is 45.2. The van der Waals surface area contributed by atoms with E-state index in [1.807, 2.05) is 0 Å². The lowest BCUT2D eigenvalue weighted by Gasteiger charge is -2.28. The van der Waals surface area contributed by atoms with E-state index in [9.17, 15) is 24.0 Å².